The Morgan fingerprint density at radius 3 is 3.00 bits per heavy atom. The van der Waals surface area contributed by atoms with E-state index in [-0.39, 0.29) is 18.6 Å². The van der Waals surface area contributed by atoms with E-state index in [1.54, 1.807) is 42.7 Å². The van der Waals surface area contributed by atoms with Crippen molar-refractivity contribution in [1.82, 2.24) is 15.3 Å². The molecule has 3 rings (SSSR count). The van der Waals surface area contributed by atoms with Gasteiger partial charge in [-0.1, -0.05) is 6.07 Å². The first-order chi connectivity index (χ1) is 12.2. The van der Waals surface area contributed by atoms with E-state index in [1.807, 2.05) is 6.07 Å². The number of nitrogens with one attached hydrogen (secondary N) is 1. The van der Waals surface area contributed by atoms with E-state index in [0.717, 1.165) is 19.4 Å². The van der Waals surface area contributed by atoms with Crippen molar-refractivity contribution in [2.45, 2.75) is 18.9 Å². The minimum atomic E-state index is -0.178. The molecule has 1 atom stereocenters. The number of aromatic nitrogens is 2. The van der Waals surface area contributed by atoms with Crippen LogP contribution < -0.4 is 15.0 Å². The summed E-state index contributed by atoms with van der Waals surface area (Å²) in [6.45, 7) is 1.49. The Labute approximate surface area is 146 Å². The Balaban J connectivity index is 1.50. The lowest BCUT2D eigenvalue weighted by molar-refractivity contribution is -0.123. The number of nitrogens with zero attached hydrogens (tertiary/aromatic N) is 4. The van der Waals surface area contributed by atoms with Crippen LogP contribution in [0.25, 0.3) is 0 Å². The molecular formula is C18H19N5O2. The summed E-state index contributed by atoms with van der Waals surface area (Å²) >= 11 is 0. The molecule has 25 heavy (non-hydrogen) atoms. The fraction of sp³-hybridized carbons (Fsp3) is 0.333. The van der Waals surface area contributed by atoms with Gasteiger partial charge in [0.15, 0.2) is 6.61 Å². The van der Waals surface area contributed by atoms with Crippen molar-refractivity contribution in [3.63, 3.8) is 0 Å². The van der Waals surface area contributed by atoms with Gasteiger partial charge in [0, 0.05) is 31.5 Å². The molecule has 1 saturated heterocycles. The van der Waals surface area contributed by atoms with Gasteiger partial charge in [0.05, 0.1) is 11.6 Å². The van der Waals surface area contributed by atoms with Gasteiger partial charge >= 0.3 is 0 Å². The average Bonchev–Trinajstić information content (AvgIpc) is 2.67. The van der Waals surface area contributed by atoms with Crippen molar-refractivity contribution < 1.29 is 9.53 Å². The maximum absolute atomic E-state index is 12.1. The number of rotatable bonds is 5. The number of carbonyl (C=O) groups is 1. The van der Waals surface area contributed by atoms with Crippen LogP contribution in [-0.4, -0.2) is 41.6 Å². The number of ether oxygens (including phenoxy) is 1. The number of amides is 1. The van der Waals surface area contributed by atoms with Crippen LogP contribution in [0.5, 0.6) is 5.75 Å². The van der Waals surface area contributed by atoms with Crippen LogP contribution in [0, 0.1) is 11.3 Å². The Hall–Kier alpha value is -3.14. The van der Waals surface area contributed by atoms with E-state index >= 15 is 0 Å². The largest absolute Gasteiger partial charge is 0.484 e. The summed E-state index contributed by atoms with van der Waals surface area (Å²) in [6.07, 6.45) is 5.31. The molecule has 0 radical (unpaired) electrons. The molecule has 1 amide bonds. The van der Waals surface area contributed by atoms with Crippen LogP contribution >= 0.6 is 0 Å². The van der Waals surface area contributed by atoms with Gasteiger partial charge in [-0.05, 0) is 37.1 Å². The van der Waals surface area contributed by atoms with Gasteiger partial charge in [0.25, 0.3) is 5.91 Å². The second kappa shape index (κ2) is 8.11. The van der Waals surface area contributed by atoms with E-state index in [4.69, 9.17) is 10.00 Å². The topological polar surface area (TPSA) is 91.1 Å². The molecule has 0 spiro atoms. The molecule has 1 fully saturated rings. The molecule has 7 nitrogen and oxygen atoms in total. The van der Waals surface area contributed by atoms with E-state index in [2.05, 4.69) is 20.2 Å². The van der Waals surface area contributed by atoms with Gasteiger partial charge in [0.2, 0.25) is 5.95 Å². The van der Waals surface area contributed by atoms with Crippen LogP contribution in [0.3, 0.4) is 0 Å². The molecule has 128 valence electrons. The maximum atomic E-state index is 12.1. The minimum Gasteiger partial charge on any atom is -0.484 e. The Bertz CT molecular complexity index is 760. The van der Waals surface area contributed by atoms with Crippen LogP contribution in [0.4, 0.5) is 5.95 Å². The third-order valence-electron chi connectivity index (χ3n) is 3.95. The number of hydrogen-bond acceptors (Lipinski definition) is 6. The number of anilines is 1. The van der Waals surface area contributed by atoms with E-state index in [9.17, 15) is 4.79 Å². The number of benzene rings is 1. The lowest BCUT2D eigenvalue weighted by Crippen LogP contribution is -2.49. The zero-order chi connectivity index (χ0) is 17.5. The first-order valence-electron chi connectivity index (χ1n) is 8.19. The van der Waals surface area contributed by atoms with E-state index in [1.165, 1.54) is 0 Å². The molecule has 0 saturated carbocycles. The number of piperidine rings is 1. The molecule has 1 aliphatic heterocycles. The summed E-state index contributed by atoms with van der Waals surface area (Å²) in [6, 6.07) is 10.6. The summed E-state index contributed by atoms with van der Waals surface area (Å²) in [5.74, 6) is 1.02. The third-order valence-corrected chi connectivity index (χ3v) is 3.95. The summed E-state index contributed by atoms with van der Waals surface area (Å²) in [5, 5.41) is 11.9. The summed E-state index contributed by atoms with van der Waals surface area (Å²) in [7, 11) is 0. The van der Waals surface area contributed by atoms with Crippen molar-refractivity contribution in [2.24, 2.45) is 0 Å². The third kappa shape index (κ3) is 4.67. The second-order valence-corrected chi connectivity index (χ2v) is 5.83. The Kier molecular flexibility index (Phi) is 5.42. The van der Waals surface area contributed by atoms with Crippen LogP contribution in [0.15, 0.2) is 42.7 Å². The van der Waals surface area contributed by atoms with Gasteiger partial charge in [-0.2, -0.15) is 5.26 Å². The fourth-order valence-corrected chi connectivity index (χ4v) is 2.80. The van der Waals surface area contributed by atoms with Crippen molar-refractivity contribution >= 4 is 11.9 Å². The molecule has 1 N–H and O–H groups in total. The molecule has 1 aromatic heterocycles. The SMILES string of the molecule is N#Cc1cccc(OCC(=O)N[C@@H]2CCCN(c3ncccn3)C2)c1. The zero-order valence-electron chi connectivity index (χ0n) is 13.8. The Morgan fingerprint density at radius 1 is 1.36 bits per heavy atom. The highest BCUT2D eigenvalue weighted by atomic mass is 16.5. The normalized spacial score (nSPS) is 16.8. The molecule has 1 aliphatic rings. The van der Waals surface area contributed by atoms with Gasteiger partial charge in [-0.25, -0.2) is 9.97 Å². The van der Waals surface area contributed by atoms with Crippen molar-refractivity contribution in [2.75, 3.05) is 24.6 Å². The predicted molar refractivity (Wildman–Crippen MR) is 92.1 cm³/mol. The number of nitriles is 1. The highest BCUT2D eigenvalue weighted by molar-refractivity contribution is 5.78. The zero-order valence-corrected chi connectivity index (χ0v) is 13.8. The molecule has 0 unspecified atom stereocenters. The fourth-order valence-electron chi connectivity index (χ4n) is 2.80. The van der Waals surface area contributed by atoms with Gasteiger partial charge < -0.3 is 15.0 Å². The van der Waals surface area contributed by atoms with E-state index in [0.29, 0.717) is 23.8 Å². The lowest BCUT2D eigenvalue weighted by atomic mass is 10.1. The molecule has 0 aliphatic carbocycles. The molecule has 2 heterocycles. The van der Waals surface area contributed by atoms with Crippen LogP contribution in [0.2, 0.25) is 0 Å². The summed E-state index contributed by atoms with van der Waals surface area (Å²) < 4.78 is 5.46. The van der Waals surface area contributed by atoms with Crippen molar-refractivity contribution in [1.29, 1.82) is 5.26 Å². The summed E-state index contributed by atoms with van der Waals surface area (Å²) in [4.78, 5) is 22.7. The average molecular weight is 337 g/mol. The molecule has 7 heteroatoms. The summed E-state index contributed by atoms with van der Waals surface area (Å²) in [5.41, 5.74) is 0.503. The minimum absolute atomic E-state index is 0.0408. The van der Waals surface area contributed by atoms with Gasteiger partial charge in [0.1, 0.15) is 5.75 Å². The number of hydrogen-bond donors (Lipinski definition) is 1. The first kappa shape index (κ1) is 16.7. The first-order valence-corrected chi connectivity index (χ1v) is 8.19. The van der Waals surface area contributed by atoms with Crippen molar-refractivity contribution in [3.05, 3.63) is 48.3 Å². The standard InChI is InChI=1S/C18H19N5O2/c19-11-14-4-1-6-16(10-14)25-13-17(24)22-15-5-2-9-23(12-15)18-20-7-3-8-21-18/h1,3-4,6-8,10,15H,2,5,9,12-13H2,(H,22,24)/t15-/m1/s1. The number of carbonyl (C=O) groups excluding carboxylic acids is 1. The highest BCUT2D eigenvalue weighted by Crippen LogP contribution is 2.15. The van der Waals surface area contributed by atoms with Gasteiger partial charge in [-0.3, -0.25) is 4.79 Å². The monoisotopic (exact) mass is 337 g/mol. The van der Waals surface area contributed by atoms with E-state index < -0.39 is 0 Å². The molecule has 1 aromatic carbocycles. The molecule has 2 aromatic rings. The maximum Gasteiger partial charge on any atom is 0.258 e. The van der Waals surface area contributed by atoms with Crippen LogP contribution in [-0.2, 0) is 4.79 Å². The quantitative estimate of drug-likeness (QED) is 0.889. The van der Waals surface area contributed by atoms with Gasteiger partial charge in [-0.15, -0.1) is 0 Å². The smallest absolute Gasteiger partial charge is 0.258 e. The second-order valence-electron chi connectivity index (χ2n) is 5.83. The predicted octanol–water partition coefficient (Wildman–Crippen LogP) is 1.51. The molecule has 0 bridgehead atoms. The lowest BCUT2D eigenvalue weighted by Gasteiger charge is -2.33. The molecular weight excluding hydrogens is 318 g/mol. The van der Waals surface area contributed by atoms with Crippen molar-refractivity contribution in [3.8, 4) is 11.8 Å². The highest BCUT2D eigenvalue weighted by Gasteiger charge is 2.23. The van der Waals surface area contributed by atoms with Crippen LogP contribution in [0.1, 0.15) is 18.4 Å². The Morgan fingerprint density at radius 2 is 2.20 bits per heavy atom.